The zero-order chi connectivity index (χ0) is 15.4. The fourth-order valence-electron chi connectivity index (χ4n) is 1.57. The Bertz CT molecular complexity index is 668. The van der Waals surface area contributed by atoms with Crippen LogP contribution in [0.2, 0.25) is 5.02 Å². The number of aromatic nitrogens is 1. The molecule has 1 amide bonds. The van der Waals surface area contributed by atoms with E-state index in [2.05, 4.69) is 15.0 Å². The van der Waals surface area contributed by atoms with E-state index in [0.29, 0.717) is 0 Å². The third kappa shape index (κ3) is 3.79. The van der Waals surface area contributed by atoms with E-state index in [1.54, 1.807) is 6.07 Å². The van der Waals surface area contributed by atoms with Crippen molar-refractivity contribution in [1.29, 1.82) is 0 Å². The van der Waals surface area contributed by atoms with Crippen molar-refractivity contribution in [3.05, 3.63) is 47.1 Å². The molecule has 1 aromatic heterocycles. The molecule has 2 aromatic rings. The van der Waals surface area contributed by atoms with Gasteiger partial charge in [-0.25, -0.2) is 4.98 Å². The minimum atomic E-state index is -3.00. The molecule has 0 aliphatic heterocycles. The smallest absolute Gasteiger partial charge is 0.387 e. The number of alkyl halides is 2. The number of carbonyl (C=O) groups excluding carboxylic acids is 1. The molecule has 1 aromatic carbocycles. The molecular weight excluding hydrogens is 304 g/mol. The molecule has 0 fully saturated rings. The van der Waals surface area contributed by atoms with Gasteiger partial charge in [0.25, 0.3) is 5.91 Å². The quantitative estimate of drug-likeness (QED) is 0.909. The molecule has 21 heavy (non-hydrogen) atoms. The van der Waals surface area contributed by atoms with E-state index in [1.165, 1.54) is 30.3 Å². The molecule has 3 N–H and O–H groups in total. The van der Waals surface area contributed by atoms with Gasteiger partial charge >= 0.3 is 6.61 Å². The van der Waals surface area contributed by atoms with Gasteiger partial charge in [-0.2, -0.15) is 8.78 Å². The number of para-hydroxylation sites is 2. The Morgan fingerprint density at radius 3 is 2.71 bits per heavy atom. The van der Waals surface area contributed by atoms with Gasteiger partial charge in [0, 0.05) is 0 Å². The van der Waals surface area contributed by atoms with Crippen LogP contribution in [-0.2, 0) is 0 Å². The number of hydrogen-bond donors (Lipinski definition) is 2. The van der Waals surface area contributed by atoms with Crippen LogP contribution in [0, 0.1) is 0 Å². The van der Waals surface area contributed by atoms with Crippen molar-refractivity contribution in [2.45, 2.75) is 6.61 Å². The van der Waals surface area contributed by atoms with Gasteiger partial charge in [-0.3, -0.25) is 4.79 Å². The number of nitrogens with one attached hydrogen (secondary N) is 1. The Morgan fingerprint density at radius 2 is 2.00 bits per heavy atom. The number of hydrogen-bond acceptors (Lipinski definition) is 4. The first-order valence-electron chi connectivity index (χ1n) is 5.74. The molecule has 0 saturated carbocycles. The number of amides is 1. The van der Waals surface area contributed by atoms with Crippen molar-refractivity contribution < 1.29 is 18.3 Å². The van der Waals surface area contributed by atoms with E-state index >= 15 is 0 Å². The number of carbonyl (C=O) groups is 1. The van der Waals surface area contributed by atoms with Gasteiger partial charge in [0.1, 0.15) is 17.3 Å². The number of anilines is 2. The number of pyridine rings is 1. The highest BCUT2D eigenvalue weighted by molar-refractivity contribution is 6.34. The second-order valence-corrected chi connectivity index (χ2v) is 4.30. The van der Waals surface area contributed by atoms with Crippen LogP contribution in [0.25, 0.3) is 0 Å². The minimum absolute atomic E-state index is 0.0723. The predicted molar refractivity (Wildman–Crippen MR) is 74.7 cm³/mol. The largest absolute Gasteiger partial charge is 0.433 e. The van der Waals surface area contributed by atoms with E-state index in [1.807, 2.05) is 0 Å². The molecule has 110 valence electrons. The van der Waals surface area contributed by atoms with Crippen molar-refractivity contribution in [3.8, 4) is 5.75 Å². The Hall–Kier alpha value is -2.41. The SMILES string of the molecule is Nc1ccc(Cl)c(C(=O)Nc2ccccc2OC(F)F)n1. The topological polar surface area (TPSA) is 77.2 Å². The predicted octanol–water partition coefficient (Wildman–Crippen LogP) is 3.17. The number of ether oxygens (including phenoxy) is 1. The third-order valence-corrected chi connectivity index (χ3v) is 2.74. The number of nitrogens with two attached hydrogens (primary N) is 1. The summed E-state index contributed by atoms with van der Waals surface area (Å²) in [6, 6.07) is 8.63. The summed E-state index contributed by atoms with van der Waals surface area (Å²) in [7, 11) is 0. The minimum Gasteiger partial charge on any atom is -0.433 e. The fourth-order valence-corrected chi connectivity index (χ4v) is 1.76. The Labute approximate surface area is 123 Å². The van der Waals surface area contributed by atoms with E-state index in [4.69, 9.17) is 17.3 Å². The zero-order valence-electron chi connectivity index (χ0n) is 10.5. The summed E-state index contributed by atoms with van der Waals surface area (Å²) in [6.07, 6.45) is 0. The molecule has 0 spiro atoms. The number of benzene rings is 1. The third-order valence-electron chi connectivity index (χ3n) is 2.43. The van der Waals surface area contributed by atoms with Gasteiger partial charge in [-0.05, 0) is 24.3 Å². The molecule has 0 atom stereocenters. The molecule has 0 radical (unpaired) electrons. The van der Waals surface area contributed by atoms with Crippen molar-refractivity contribution >= 4 is 29.0 Å². The van der Waals surface area contributed by atoms with Crippen LogP contribution >= 0.6 is 11.6 Å². The summed E-state index contributed by atoms with van der Waals surface area (Å²) < 4.78 is 28.9. The molecule has 0 unspecified atom stereocenters. The molecule has 0 saturated heterocycles. The maximum Gasteiger partial charge on any atom is 0.387 e. The number of nitrogens with zero attached hydrogens (tertiary/aromatic N) is 1. The first-order chi connectivity index (χ1) is 9.97. The average Bonchev–Trinajstić information content (AvgIpc) is 2.43. The number of halogens is 3. The highest BCUT2D eigenvalue weighted by Gasteiger charge is 2.16. The van der Waals surface area contributed by atoms with E-state index in [0.717, 1.165) is 0 Å². The molecule has 5 nitrogen and oxygen atoms in total. The van der Waals surface area contributed by atoms with E-state index in [-0.39, 0.29) is 28.0 Å². The summed E-state index contributed by atoms with van der Waals surface area (Å²) in [5, 5.41) is 2.49. The average molecular weight is 314 g/mol. The normalized spacial score (nSPS) is 10.5. The summed E-state index contributed by atoms with van der Waals surface area (Å²) >= 11 is 5.85. The van der Waals surface area contributed by atoms with Gasteiger partial charge in [0.2, 0.25) is 0 Å². The molecular formula is C13H10ClF2N3O2. The Morgan fingerprint density at radius 1 is 1.29 bits per heavy atom. The standard InChI is InChI=1S/C13H10ClF2N3O2/c14-7-5-6-10(17)19-11(7)12(20)18-8-3-1-2-4-9(8)21-13(15)16/h1-6,13H,(H2,17,19)(H,18,20). The summed E-state index contributed by atoms with van der Waals surface area (Å²) in [5.74, 6) is -0.736. The van der Waals surface area contributed by atoms with Crippen molar-refractivity contribution in [2.75, 3.05) is 11.1 Å². The molecule has 1 heterocycles. The van der Waals surface area contributed by atoms with Crippen LogP contribution in [0.4, 0.5) is 20.3 Å². The van der Waals surface area contributed by atoms with Crippen LogP contribution in [-0.4, -0.2) is 17.5 Å². The number of rotatable bonds is 4. The molecule has 0 bridgehead atoms. The number of nitrogen functional groups attached to an aromatic ring is 1. The monoisotopic (exact) mass is 313 g/mol. The van der Waals surface area contributed by atoms with E-state index < -0.39 is 12.5 Å². The molecule has 0 aliphatic carbocycles. The second-order valence-electron chi connectivity index (χ2n) is 3.90. The van der Waals surface area contributed by atoms with Gasteiger partial charge in [0.15, 0.2) is 0 Å². The lowest BCUT2D eigenvalue weighted by Gasteiger charge is -2.12. The molecule has 8 heteroatoms. The summed E-state index contributed by atoms with van der Waals surface area (Å²) in [6.45, 7) is -3.00. The van der Waals surface area contributed by atoms with Gasteiger partial charge < -0.3 is 15.8 Å². The highest BCUT2D eigenvalue weighted by Crippen LogP contribution is 2.26. The summed E-state index contributed by atoms with van der Waals surface area (Å²) in [4.78, 5) is 15.9. The first-order valence-corrected chi connectivity index (χ1v) is 6.12. The van der Waals surface area contributed by atoms with Crippen LogP contribution in [0.3, 0.4) is 0 Å². The molecule has 2 rings (SSSR count). The van der Waals surface area contributed by atoms with Crippen molar-refractivity contribution in [1.82, 2.24) is 4.98 Å². The Balaban J connectivity index is 2.25. The van der Waals surface area contributed by atoms with Crippen LogP contribution < -0.4 is 15.8 Å². The van der Waals surface area contributed by atoms with Crippen LogP contribution in [0.5, 0.6) is 5.75 Å². The lowest BCUT2D eigenvalue weighted by molar-refractivity contribution is -0.0493. The van der Waals surface area contributed by atoms with Gasteiger partial charge in [-0.15, -0.1) is 0 Å². The highest BCUT2D eigenvalue weighted by atomic mass is 35.5. The van der Waals surface area contributed by atoms with Gasteiger partial charge in [0.05, 0.1) is 10.7 Å². The second kappa shape index (κ2) is 6.36. The lowest BCUT2D eigenvalue weighted by Crippen LogP contribution is -2.16. The maximum absolute atomic E-state index is 12.3. The van der Waals surface area contributed by atoms with E-state index in [9.17, 15) is 13.6 Å². The van der Waals surface area contributed by atoms with Crippen molar-refractivity contribution in [3.63, 3.8) is 0 Å². The Kier molecular flexibility index (Phi) is 4.54. The van der Waals surface area contributed by atoms with Crippen LogP contribution in [0.15, 0.2) is 36.4 Å². The summed E-state index contributed by atoms with van der Waals surface area (Å²) in [5.41, 5.74) is 5.45. The van der Waals surface area contributed by atoms with Crippen LogP contribution in [0.1, 0.15) is 10.5 Å². The first kappa shape index (κ1) is 15.0. The zero-order valence-corrected chi connectivity index (χ0v) is 11.3. The fraction of sp³-hybridized carbons (Fsp3) is 0.0769. The molecule has 0 aliphatic rings. The van der Waals surface area contributed by atoms with Gasteiger partial charge in [-0.1, -0.05) is 23.7 Å². The lowest BCUT2D eigenvalue weighted by atomic mass is 10.2. The van der Waals surface area contributed by atoms with Crippen molar-refractivity contribution in [2.24, 2.45) is 0 Å². The maximum atomic E-state index is 12.3.